The van der Waals surface area contributed by atoms with Crippen LogP contribution in [-0.2, 0) is 20.8 Å². The van der Waals surface area contributed by atoms with Crippen LogP contribution in [0, 0.1) is 0 Å². The summed E-state index contributed by atoms with van der Waals surface area (Å²) in [6.45, 7) is 0. The molecule has 27 heavy (non-hydrogen) atoms. The number of nitrogens with one attached hydrogen (secondary N) is 3. The van der Waals surface area contributed by atoms with E-state index >= 15 is 0 Å². The van der Waals surface area contributed by atoms with Crippen LogP contribution in [0.25, 0.3) is 0 Å². The number of carboxylic acids is 1. The van der Waals surface area contributed by atoms with Crippen molar-refractivity contribution >= 4 is 41.3 Å². The Hall–Kier alpha value is -1.72. The average Bonchev–Trinajstić information content (AvgIpc) is 3.15. The molecule has 1 aromatic rings. The maximum Gasteiger partial charge on any atom is 0.326 e. The summed E-state index contributed by atoms with van der Waals surface area (Å²) in [5.74, 6) is -0.741. The molecule has 1 rings (SSSR count). The van der Waals surface area contributed by atoms with Crippen LogP contribution in [-0.4, -0.2) is 75.0 Å². The minimum absolute atomic E-state index is 0.0670. The van der Waals surface area contributed by atoms with Gasteiger partial charge < -0.3 is 26.5 Å². The lowest BCUT2D eigenvalue weighted by molar-refractivity contribution is -0.142. The van der Waals surface area contributed by atoms with E-state index in [1.165, 1.54) is 24.3 Å². The molecule has 0 aliphatic rings. The minimum Gasteiger partial charge on any atom is -0.480 e. The Kier molecular flexibility index (Phi) is 10.9. The third-order valence-electron chi connectivity index (χ3n) is 3.81. The van der Waals surface area contributed by atoms with Gasteiger partial charge >= 0.3 is 5.97 Å². The molecule has 1 aromatic heterocycles. The van der Waals surface area contributed by atoms with Crippen LogP contribution in [0.5, 0.6) is 0 Å². The molecule has 152 valence electrons. The number of hydrogen-bond acceptors (Lipinski definition) is 7. The highest BCUT2D eigenvalue weighted by molar-refractivity contribution is 7.98. The third kappa shape index (κ3) is 8.67. The van der Waals surface area contributed by atoms with E-state index in [1.807, 2.05) is 12.5 Å². The molecule has 0 radical (unpaired) electrons. The first-order valence-electron chi connectivity index (χ1n) is 8.43. The van der Waals surface area contributed by atoms with E-state index in [-0.39, 0.29) is 6.42 Å². The highest BCUT2D eigenvalue weighted by atomic mass is 32.2. The van der Waals surface area contributed by atoms with Crippen molar-refractivity contribution in [3.8, 4) is 0 Å². The highest BCUT2D eigenvalue weighted by Crippen LogP contribution is 2.05. The van der Waals surface area contributed by atoms with Crippen molar-refractivity contribution in [3.05, 3.63) is 18.2 Å². The van der Waals surface area contributed by atoms with E-state index < -0.39 is 35.9 Å². The molecule has 11 heteroatoms. The molecule has 2 amide bonds. The Morgan fingerprint density at radius 1 is 1.15 bits per heavy atom. The Morgan fingerprint density at radius 3 is 2.33 bits per heavy atom. The van der Waals surface area contributed by atoms with E-state index in [9.17, 15) is 19.5 Å². The summed E-state index contributed by atoms with van der Waals surface area (Å²) < 4.78 is 0. The van der Waals surface area contributed by atoms with Gasteiger partial charge in [-0.3, -0.25) is 9.59 Å². The number of carboxylic acid groups (broad SMARTS) is 1. The lowest BCUT2D eigenvalue weighted by atomic mass is 10.1. The van der Waals surface area contributed by atoms with Gasteiger partial charge in [-0.05, 0) is 36.9 Å². The molecule has 1 heterocycles. The smallest absolute Gasteiger partial charge is 0.326 e. The lowest BCUT2D eigenvalue weighted by Crippen LogP contribution is -2.55. The maximum absolute atomic E-state index is 12.6. The molecule has 6 N–H and O–H groups in total. The van der Waals surface area contributed by atoms with Crippen LogP contribution in [0.3, 0.4) is 0 Å². The molecule has 9 nitrogen and oxygen atoms in total. The van der Waals surface area contributed by atoms with Crippen LogP contribution in [0.2, 0.25) is 0 Å². The van der Waals surface area contributed by atoms with Gasteiger partial charge in [0.25, 0.3) is 0 Å². The first-order chi connectivity index (χ1) is 12.9. The summed E-state index contributed by atoms with van der Waals surface area (Å²) >= 11 is 3.11. The number of thioether (sulfide) groups is 2. The lowest BCUT2D eigenvalue weighted by Gasteiger charge is -2.22. The number of aromatic nitrogens is 2. The zero-order valence-electron chi connectivity index (χ0n) is 15.4. The molecule has 0 aromatic carbocycles. The van der Waals surface area contributed by atoms with E-state index in [1.54, 1.807) is 11.8 Å². The predicted octanol–water partition coefficient (Wildman–Crippen LogP) is -0.160. The summed E-state index contributed by atoms with van der Waals surface area (Å²) in [4.78, 5) is 43.0. The molecule has 0 spiro atoms. The molecule has 0 aliphatic heterocycles. The number of nitrogens with zero attached hydrogens (tertiary/aromatic N) is 1. The molecule has 0 unspecified atom stereocenters. The Bertz CT molecular complexity index is 600. The summed E-state index contributed by atoms with van der Waals surface area (Å²) in [5.41, 5.74) is 6.44. The number of imidazole rings is 1. The molecule has 0 aliphatic carbocycles. The van der Waals surface area contributed by atoms with Gasteiger partial charge in [0.05, 0.1) is 12.4 Å². The first-order valence-corrected chi connectivity index (χ1v) is 11.2. The number of rotatable bonds is 13. The van der Waals surface area contributed by atoms with Crippen molar-refractivity contribution in [1.29, 1.82) is 0 Å². The quantitative estimate of drug-likeness (QED) is 0.297. The number of amides is 2. The minimum atomic E-state index is -1.16. The summed E-state index contributed by atoms with van der Waals surface area (Å²) in [7, 11) is 0. The monoisotopic (exact) mass is 417 g/mol. The van der Waals surface area contributed by atoms with Gasteiger partial charge in [-0.25, -0.2) is 9.78 Å². The summed E-state index contributed by atoms with van der Waals surface area (Å²) in [5, 5.41) is 14.5. The normalized spacial score (nSPS) is 14.2. The SMILES string of the molecule is CSCC[C@H](NC(=O)[C@@H](N)CCSC)C(=O)N[C@@H](Cc1cnc[nH]1)C(=O)O. The van der Waals surface area contributed by atoms with Gasteiger partial charge in [-0.2, -0.15) is 23.5 Å². The van der Waals surface area contributed by atoms with Crippen molar-refractivity contribution in [2.45, 2.75) is 37.4 Å². The number of aromatic amines is 1. The topological polar surface area (TPSA) is 150 Å². The van der Waals surface area contributed by atoms with Crippen LogP contribution < -0.4 is 16.4 Å². The van der Waals surface area contributed by atoms with Gasteiger partial charge in [-0.1, -0.05) is 0 Å². The molecular weight excluding hydrogens is 390 g/mol. The van der Waals surface area contributed by atoms with Gasteiger partial charge in [0.1, 0.15) is 12.1 Å². The van der Waals surface area contributed by atoms with Crippen molar-refractivity contribution in [2.24, 2.45) is 5.73 Å². The predicted molar refractivity (Wildman–Crippen MR) is 108 cm³/mol. The Labute approximate surface area is 167 Å². The molecular formula is C16H27N5O4S2. The second kappa shape index (κ2) is 12.6. The van der Waals surface area contributed by atoms with Gasteiger partial charge in [0, 0.05) is 18.3 Å². The number of hydrogen-bond donors (Lipinski definition) is 5. The van der Waals surface area contributed by atoms with Crippen LogP contribution in [0.1, 0.15) is 18.5 Å². The fourth-order valence-electron chi connectivity index (χ4n) is 2.25. The van der Waals surface area contributed by atoms with Gasteiger partial charge in [-0.15, -0.1) is 0 Å². The van der Waals surface area contributed by atoms with Crippen LogP contribution >= 0.6 is 23.5 Å². The Balaban J connectivity index is 2.73. The zero-order valence-corrected chi connectivity index (χ0v) is 17.1. The van der Waals surface area contributed by atoms with E-state index in [0.29, 0.717) is 24.3 Å². The van der Waals surface area contributed by atoms with Crippen molar-refractivity contribution in [2.75, 3.05) is 24.0 Å². The first kappa shape index (κ1) is 23.3. The van der Waals surface area contributed by atoms with Crippen LogP contribution in [0.15, 0.2) is 12.5 Å². The average molecular weight is 418 g/mol. The Morgan fingerprint density at radius 2 is 1.78 bits per heavy atom. The van der Waals surface area contributed by atoms with Gasteiger partial charge in [0.2, 0.25) is 11.8 Å². The van der Waals surface area contributed by atoms with E-state index in [2.05, 4.69) is 20.6 Å². The third-order valence-corrected chi connectivity index (χ3v) is 5.09. The molecule has 0 bridgehead atoms. The number of nitrogens with two attached hydrogens (primary N) is 1. The fourth-order valence-corrected chi connectivity index (χ4v) is 3.21. The van der Waals surface area contributed by atoms with Crippen molar-refractivity contribution in [1.82, 2.24) is 20.6 Å². The molecule has 0 saturated carbocycles. The fraction of sp³-hybridized carbons (Fsp3) is 0.625. The molecule has 0 saturated heterocycles. The number of H-pyrrole nitrogens is 1. The van der Waals surface area contributed by atoms with Crippen molar-refractivity contribution in [3.63, 3.8) is 0 Å². The second-order valence-electron chi connectivity index (χ2n) is 5.91. The number of carbonyl (C=O) groups excluding carboxylic acids is 2. The maximum atomic E-state index is 12.6. The van der Waals surface area contributed by atoms with Gasteiger partial charge in [0.15, 0.2) is 0 Å². The highest BCUT2D eigenvalue weighted by Gasteiger charge is 2.28. The van der Waals surface area contributed by atoms with Crippen LogP contribution in [0.4, 0.5) is 0 Å². The van der Waals surface area contributed by atoms with E-state index in [4.69, 9.17) is 5.73 Å². The zero-order chi connectivity index (χ0) is 20.2. The van der Waals surface area contributed by atoms with E-state index in [0.717, 1.165) is 5.75 Å². The molecule has 3 atom stereocenters. The number of aliphatic carboxylic acids is 1. The number of carbonyl (C=O) groups is 3. The summed E-state index contributed by atoms with van der Waals surface area (Å²) in [6, 6.07) is -2.67. The van der Waals surface area contributed by atoms with Crippen molar-refractivity contribution < 1.29 is 19.5 Å². The standard InChI is InChI=1S/C16H27N5O4S2/c1-26-5-3-11(17)14(22)20-12(4-6-27-2)15(23)21-13(16(24)25)7-10-8-18-9-19-10/h8-9,11-13H,3-7,17H2,1-2H3,(H,18,19)(H,20,22)(H,21,23)(H,24,25)/t11-,12-,13-/m0/s1. The summed E-state index contributed by atoms with van der Waals surface area (Å²) in [6.07, 6.45) is 7.70. The largest absolute Gasteiger partial charge is 0.480 e. The second-order valence-corrected chi connectivity index (χ2v) is 7.88. The molecule has 0 fully saturated rings.